The minimum absolute atomic E-state index is 0.0443. The monoisotopic (exact) mass is 338 g/mol. The topological polar surface area (TPSA) is 74.5 Å². The van der Waals surface area contributed by atoms with Gasteiger partial charge in [-0.2, -0.15) is 0 Å². The molecule has 0 atom stereocenters. The van der Waals surface area contributed by atoms with Gasteiger partial charge in [-0.3, -0.25) is 4.79 Å². The van der Waals surface area contributed by atoms with E-state index in [-0.39, 0.29) is 24.9 Å². The largest absolute Gasteiger partial charge is 0.456 e. The SMILES string of the molecule is O=C(CCOCc1ccccc1)OCc1nnc(-c2ccccc2)o1. The van der Waals surface area contributed by atoms with Crippen LogP contribution in [0.1, 0.15) is 17.9 Å². The van der Waals surface area contributed by atoms with Crippen molar-refractivity contribution in [2.24, 2.45) is 0 Å². The highest BCUT2D eigenvalue weighted by atomic mass is 16.5. The van der Waals surface area contributed by atoms with Crippen LogP contribution in [0, 0.1) is 0 Å². The zero-order valence-corrected chi connectivity index (χ0v) is 13.6. The summed E-state index contributed by atoms with van der Waals surface area (Å²) in [4.78, 5) is 11.7. The van der Waals surface area contributed by atoms with Crippen LogP contribution in [-0.4, -0.2) is 22.8 Å². The fourth-order valence-corrected chi connectivity index (χ4v) is 2.14. The van der Waals surface area contributed by atoms with E-state index < -0.39 is 0 Å². The van der Waals surface area contributed by atoms with Gasteiger partial charge in [-0.15, -0.1) is 10.2 Å². The van der Waals surface area contributed by atoms with Crippen molar-refractivity contribution in [3.63, 3.8) is 0 Å². The molecule has 0 fully saturated rings. The van der Waals surface area contributed by atoms with Gasteiger partial charge in [0.05, 0.1) is 19.6 Å². The summed E-state index contributed by atoms with van der Waals surface area (Å²) < 4.78 is 16.0. The second-order valence-corrected chi connectivity index (χ2v) is 5.32. The lowest BCUT2D eigenvalue weighted by Crippen LogP contribution is -2.08. The van der Waals surface area contributed by atoms with Crippen molar-refractivity contribution in [2.45, 2.75) is 19.6 Å². The number of hydrogen-bond acceptors (Lipinski definition) is 6. The van der Waals surface area contributed by atoms with Crippen molar-refractivity contribution in [2.75, 3.05) is 6.61 Å². The summed E-state index contributed by atoms with van der Waals surface area (Å²) in [5.74, 6) is 0.294. The van der Waals surface area contributed by atoms with Crippen LogP contribution in [0.2, 0.25) is 0 Å². The number of rotatable bonds is 8. The van der Waals surface area contributed by atoms with Gasteiger partial charge in [-0.1, -0.05) is 48.5 Å². The minimum atomic E-state index is -0.368. The number of esters is 1. The molecular weight excluding hydrogens is 320 g/mol. The summed E-state index contributed by atoms with van der Waals surface area (Å²) in [7, 11) is 0. The molecule has 6 heteroatoms. The molecule has 1 heterocycles. The maximum Gasteiger partial charge on any atom is 0.308 e. The summed E-state index contributed by atoms with van der Waals surface area (Å²) in [5, 5.41) is 7.82. The van der Waals surface area contributed by atoms with E-state index in [0.29, 0.717) is 19.1 Å². The van der Waals surface area contributed by atoms with Gasteiger partial charge in [-0.25, -0.2) is 0 Å². The van der Waals surface area contributed by atoms with Crippen molar-refractivity contribution >= 4 is 5.97 Å². The maximum atomic E-state index is 11.7. The minimum Gasteiger partial charge on any atom is -0.456 e. The van der Waals surface area contributed by atoms with Crippen LogP contribution in [-0.2, 0) is 27.5 Å². The zero-order valence-electron chi connectivity index (χ0n) is 13.6. The molecule has 0 radical (unpaired) electrons. The highest BCUT2D eigenvalue weighted by molar-refractivity contribution is 5.69. The van der Waals surface area contributed by atoms with Gasteiger partial charge >= 0.3 is 5.97 Å². The highest BCUT2D eigenvalue weighted by Gasteiger charge is 2.10. The molecule has 0 saturated heterocycles. The molecule has 0 aliphatic carbocycles. The van der Waals surface area contributed by atoms with Gasteiger partial charge in [0, 0.05) is 5.56 Å². The third-order valence-corrected chi connectivity index (χ3v) is 3.41. The summed E-state index contributed by atoms with van der Waals surface area (Å²) in [5.41, 5.74) is 1.89. The van der Waals surface area contributed by atoms with Gasteiger partial charge in [0.25, 0.3) is 5.89 Å². The number of hydrogen-bond donors (Lipinski definition) is 0. The van der Waals surface area contributed by atoms with Crippen LogP contribution >= 0.6 is 0 Å². The van der Waals surface area contributed by atoms with Crippen molar-refractivity contribution in [3.05, 3.63) is 72.1 Å². The third-order valence-electron chi connectivity index (χ3n) is 3.41. The lowest BCUT2D eigenvalue weighted by Gasteiger charge is -2.04. The maximum absolute atomic E-state index is 11.7. The Kier molecular flexibility index (Phi) is 5.90. The smallest absolute Gasteiger partial charge is 0.308 e. The fourth-order valence-electron chi connectivity index (χ4n) is 2.14. The van der Waals surface area contributed by atoms with Gasteiger partial charge in [-0.05, 0) is 17.7 Å². The van der Waals surface area contributed by atoms with Crippen molar-refractivity contribution in [3.8, 4) is 11.5 Å². The molecule has 6 nitrogen and oxygen atoms in total. The third kappa shape index (κ3) is 5.26. The Balaban J connectivity index is 1.37. The van der Waals surface area contributed by atoms with Crippen LogP contribution in [0.5, 0.6) is 0 Å². The predicted molar refractivity (Wildman–Crippen MR) is 90.2 cm³/mol. The molecule has 3 rings (SSSR count). The van der Waals surface area contributed by atoms with E-state index in [4.69, 9.17) is 13.9 Å². The molecule has 0 aliphatic rings. The molecule has 0 aliphatic heterocycles. The Morgan fingerprint density at radius 3 is 2.40 bits per heavy atom. The van der Waals surface area contributed by atoms with Crippen molar-refractivity contribution < 1.29 is 18.7 Å². The van der Waals surface area contributed by atoms with Gasteiger partial charge in [0.2, 0.25) is 5.89 Å². The van der Waals surface area contributed by atoms with Gasteiger partial charge in [0.1, 0.15) is 0 Å². The van der Waals surface area contributed by atoms with Crippen molar-refractivity contribution in [1.82, 2.24) is 10.2 Å². The second kappa shape index (κ2) is 8.75. The molecule has 2 aromatic carbocycles. The average molecular weight is 338 g/mol. The number of aromatic nitrogens is 2. The van der Waals surface area contributed by atoms with E-state index in [9.17, 15) is 4.79 Å². The van der Waals surface area contributed by atoms with Gasteiger partial charge in [0.15, 0.2) is 6.61 Å². The molecule has 128 valence electrons. The second-order valence-electron chi connectivity index (χ2n) is 5.32. The van der Waals surface area contributed by atoms with E-state index in [0.717, 1.165) is 11.1 Å². The first kappa shape index (κ1) is 16.9. The lowest BCUT2D eigenvalue weighted by atomic mass is 10.2. The van der Waals surface area contributed by atoms with Crippen LogP contribution < -0.4 is 0 Å². The van der Waals surface area contributed by atoms with Crippen LogP contribution in [0.25, 0.3) is 11.5 Å². The molecule has 0 bridgehead atoms. The van der Waals surface area contributed by atoms with Crippen LogP contribution in [0.15, 0.2) is 65.1 Å². The standard InChI is InChI=1S/C19H18N2O4/c22-18(11-12-23-13-15-7-3-1-4-8-15)24-14-17-20-21-19(25-17)16-9-5-2-6-10-16/h1-10H,11-14H2. The first-order valence-electron chi connectivity index (χ1n) is 7.96. The van der Waals surface area contributed by atoms with E-state index in [1.54, 1.807) is 0 Å². The Labute approximate surface area is 145 Å². The number of ether oxygens (including phenoxy) is 2. The first-order valence-corrected chi connectivity index (χ1v) is 7.96. The Bertz CT molecular complexity index is 787. The molecule has 1 aromatic heterocycles. The number of benzene rings is 2. The highest BCUT2D eigenvalue weighted by Crippen LogP contribution is 2.17. The summed E-state index contributed by atoms with van der Waals surface area (Å²) in [6.45, 7) is 0.725. The summed E-state index contributed by atoms with van der Waals surface area (Å²) in [6, 6.07) is 19.2. The number of nitrogens with zero attached hydrogens (tertiary/aromatic N) is 2. The average Bonchev–Trinajstić information content (AvgIpc) is 3.14. The summed E-state index contributed by atoms with van der Waals surface area (Å²) >= 11 is 0. The quantitative estimate of drug-likeness (QED) is 0.463. The molecular formula is C19H18N2O4. The molecule has 25 heavy (non-hydrogen) atoms. The van der Waals surface area contributed by atoms with E-state index in [1.807, 2.05) is 60.7 Å². The molecule has 0 amide bonds. The van der Waals surface area contributed by atoms with E-state index in [1.165, 1.54) is 0 Å². The molecule has 0 saturated carbocycles. The van der Waals surface area contributed by atoms with E-state index in [2.05, 4.69) is 10.2 Å². The normalized spacial score (nSPS) is 10.6. The molecule has 0 unspecified atom stereocenters. The van der Waals surface area contributed by atoms with E-state index >= 15 is 0 Å². The summed E-state index contributed by atoms with van der Waals surface area (Å²) in [6.07, 6.45) is 0.173. The van der Waals surface area contributed by atoms with Gasteiger partial charge < -0.3 is 13.9 Å². The first-order chi connectivity index (χ1) is 12.3. The zero-order chi connectivity index (χ0) is 17.3. The van der Waals surface area contributed by atoms with Crippen LogP contribution in [0.3, 0.4) is 0 Å². The Morgan fingerprint density at radius 2 is 1.64 bits per heavy atom. The van der Waals surface area contributed by atoms with Crippen molar-refractivity contribution in [1.29, 1.82) is 0 Å². The molecule has 0 spiro atoms. The molecule has 0 N–H and O–H groups in total. The lowest BCUT2D eigenvalue weighted by molar-refractivity contribution is -0.147. The number of carbonyl (C=O) groups is 1. The fraction of sp³-hybridized carbons (Fsp3) is 0.211. The predicted octanol–water partition coefficient (Wildman–Crippen LogP) is 3.39. The molecule has 3 aromatic rings. The Morgan fingerprint density at radius 1 is 0.920 bits per heavy atom. The van der Waals surface area contributed by atoms with Crippen LogP contribution in [0.4, 0.5) is 0 Å². The Hall–Kier alpha value is -2.99. The number of carbonyl (C=O) groups excluding carboxylic acids is 1.